The molecule has 3 rings (SSSR count). The van der Waals surface area contributed by atoms with E-state index in [1.807, 2.05) is 0 Å². The van der Waals surface area contributed by atoms with Gasteiger partial charge in [-0.2, -0.15) is 0 Å². The summed E-state index contributed by atoms with van der Waals surface area (Å²) in [6.07, 6.45) is 1.13. The molecule has 0 amide bonds. The van der Waals surface area contributed by atoms with Crippen LogP contribution in [-0.4, -0.2) is 13.6 Å². The van der Waals surface area contributed by atoms with Crippen molar-refractivity contribution in [3.05, 3.63) is 53.6 Å². The molecular weight excluding hydrogens is 206 g/mol. The molecule has 0 N–H and O–H groups in total. The molecule has 2 aromatic carbocycles. The van der Waals surface area contributed by atoms with Gasteiger partial charge in [-0.1, -0.05) is 36.4 Å². The van der Waals surface area contributed by atoms with Crippen LogP contribution in [0.3, 0.4) is 0 Å². The average molecular weight is 223 g/mol. The Bertz CT molecular complexity index is 557. The number of anilines is 1. The van der Waals surface area contributed by atoms with Crippen molar-refractivity contribution in [1.29, 1.82) is 0 Å². The van der Waals surface area contributed by atoms with E-state index in [0.29, 0.717) is 0 Å². The van der Waals surface area contributed by atoms with E-state index in [1.165, 1.54) is 27.9 Å². The van der Waals surface area contributed by atoms with E-state index >= 15 is 0 Å². The smallest absolute Gasteiger partial charge is 0.0446 e. The Morgan fingerprint density at radius 3 is 2.71 bits per heavy atom. The Balaban J connectivity index is 2.34. The minimum absolute atomic E-state index is 1.09. The van der Waals surface area contributed by atoms with E-state index in [9.17, 15) is 0 Å². The molecule has 1 aliphatic rings. The van der Waals surface area contributed by atoms with Crippen LogP contribution >= 0.6 is 0 Å². The van der Waals surface area contributed by atoms with Gasteiger partial charge in [0.15, 0.2) is 0 Å². The molecule has 86 valence electrons. The van der Waals surface area contributed by atoms with Gasteiger partial charge in [0.2, 0.25) is 0 Å². The molecule has 2 aromatic rings. The Morgan fingerprint density at radius 2 is 1.82 bits per heavy atom. The van der Waals surface area contributed by atoms with E-state index in [4.69, 9.17) is 0 Å². The van der Waals surface area contributed by atoms with Gasteiger partial charge in [0, 0.05) is 24.8 Å². The highest BCUT2D eigenvalue weighted by atomic mass is 15.1. The molecule has 1 aliphatic heterocycles. The fourth-order valence-electron chi connectivity index (χ4n) is 2.71. The minimum Gasteiger partial charge on any atom is -0.374 e. The molecule has 0 spiro atoms. The number of benzene rings is 2. The van der Waals surface area contributed by atoms with Gasteiger partial charge in [-0.3, -0.25) is 0 Å². The van der Waals surface area contributed by atoms with Gasteiger partial charge in [0.1, 0.15) is 0 Å². The summed E-state index contributed by atoms with van der Waals surface area (Å²) < 4.78 is 0. The van der Waals surface area contributed by atoms with Crippen LogP contribution in [0.2, 0.25) is 0 Å². The minimum atomic E-state index is 1.09. The third kappa shape index (κ3) is 1.62. The first-order valence-electron chi connectivity index (χ1n) is 6.16. The normalized spacial score (nSPS) is 13.9. The predicted octanol–water partition coefficient (Wildman–Crippen LogP) is 3.65. The molecule has 1 nitrogen and oxygen atoms in total. The number of hydrogen-bond donors (Lipinski definition) is 0. The lowest BCUT2D eigenvalue weighted by Gasteiger charge is -2.20. The molecule has 0 aliphatic carbocycles. The molecule has 1 heteroatoms. The number of nitrogens with zero attached hydrogens (tertiary/aromatic N) is 1. The molecule has 17 heavy (non-hydrogen) atoms. The lowest BCUT2D eigenvalue weighted by atomic mass is 9.94. The summed E-state index contributed by atoms with van der Waals surface area (Å²) in [5.41, 5.74) is 7.00. The first-order chi connectivity index (χ1) is 8.27. The van der Waals surface area contributed by atoms with E-state index in [-0.39, 0.29) is 0 Å². The Kier molecular flexibility index (Phi) is 2.40. The summed E-state index contributed by atoms with van der Waals surface area (Å²) in [4.78, 5) is 2.36. The zero-order valence-electron chi connectivity index (χ0n) is 10.4. The van der Waals surface area contributed by atoms with E-state index in [2.05, 4.69) is 61.3 Å². The van der Waals surface area contributed by atoms with Crippen molar-refractivity contribution in [2.45, 2.75) is 13.3 Å². The monoisotopic (exact) mass is 223 g/mol. The molecule has 0 fully saturated rings. The van der Waals surface area contributed by atoms with Gasteiger partial charge in [0.25, 0.3) is 0 Å². The van der Waals surface area contributed by atoms with Gasteiger partial charge in [-0.15, -0.1) is 0 Å². The van der Waals surface area contributed by atoms with Crippen LogP contribution in [0, 0.1) is 6.92 Å². The molecule has 0 saturated heterocycles. The second-order valence-electron chi connectivity index (χ2n) is 4.80. The van der Waals surface area contributed by atoms with Gasteiger partial charge < -0.3 is 4.90 Å². The number of fused-ring (bicyclic) bond motifs is 3. The number of likely N-dealkylation sites (N-methyl/N-ethyl adjacent to an activating group) is 1. The maximum atomic E-state index is 2.36. The van der Waals surface area contributed by atoms with Crippen LogP contribution in [-0.2, 0) is 6.42 Å². The first-order valence-corrected chi connectivity index (χ1v) is 6.16. The molecule has 0 atom stereocenters. The Labute approximate surface area is 103 Å². The summed E-state index contributed by atoms with van der Waals surface area (Å²) in [6, 6.07) is 15.4. The molecule has 0 unspecified atom stereocenters. The number of hydrogen-bond acceptors (Lipinski definition) is 1. The van der Waals surface area contributed by atoms with Gasteiger partial charge >= 0.3 is 0 Å². The highest BCUT2D eigenvalue weighted by Gasteiger charge is 2.18. The standard InChI is InChI=1S/C16H17N/c1-12-6-5-9-15-16(12)14-8-4-3-7-13(14)10-11-17(15)2/h3-9H,10-11H2,1-2H3. The third-order valence-electron chi connectivity index (χ3n) is 3.67. The fraction of sp³-hybridized carbons (Fsp3) is 0.250. The summed E-state index contributed by atoms with van der Waals surface area (Å²) in [5.74, 6) is 0. The summed E-state index contributed by atoms with van der Waals surface area (Å²) in [6.45, 7) is 3.29. The van der Waals surface area contributed by atoms with Crippen molar-refractivity contribution in [1.82, 2.24) is 0 Å². The number of aryl methyl sites for hydroxylation is 1. The highest BCUT2D eigenvalue weighted by Crippen LogP contribution is 2.37. The zero-order valence-corrected chi connectivity index (χ0v) is 10.4. The molecule has 0 bridgehead atoms. The van der Waals surface area contributed by atoms with Crippen LogP contribution in [0.1, 0.15) is 11.1 Å². The molecule has 0 aromatic heterocycles. The van der Waals surface area contributed by atoms with Crippen LogP contribution in [0.4, 0.5) is 5.69 Å². The van der Waals surface area contributed by atoms with E-state index < -0.39 is 0 Å². The van der Waals surface area contributed by atoms with Crippen LogP contribution < -0.4 is 4.90 Å². The van der Waals surface area contributed by atoms with Gasteiger partial charge in [0.05, 0.1) is 0 Å². The van der Waals surface area contributed by atoms with Crippen molar-refractivity contribution in [2.75, 3.05) is 18.5 Å². The molecule has 0 saturated carbocycles. The highest BCUT2D eigenvalue weighted by molar-refractivity contribution is 5.84. The molecule has 1 heterocycles. The van der Waals surface area contributed by atoms with Crippen molar-refractivity contribution in [3.8, 4) is 11.1 Å². The van der Waals surface area contributed by atoms with Crippen molar-refractivity contribution in [2.24, 2.45) is 0 Å². The zero-order chi connectivity index (χ0) is 11.8. The Hall–Kier alpha value is -1.76. The Morgan fingerprint density at radius 1 is 1.00 bits per heavy atom. The SMILES string of the molecule is Cc1cccc2c1-c1ccccc1CCN2C. The molecule has 0 radical (unpaired) electrons. The summed E-state index contributed by atoms with van der Waals surface area (Å²) in [5, 5.41) is 0. The van der Waals surface area contributed by atoms with Crippen LogP contribution in [0.5, 0.6) is 0 Å². The lowest BCUT2D eigenvalue weighted by Crippen LogP contribution is -2.19. The average Bonchev–Trinajstić information content (AvgIpc) is 2.49. The van der Waals surface area contributed by atoms with Gasteiger partial charge in [-0.25, -0.2) is 0 Å². The first kappa shape index (κ1) is 10.4. The van der Waals surface area contributed by atoms with Crippen molar-refractivity contribution >= 4 is 5.69 Å². The second kappa shape index (κ2) is 3.92. The van der Waals surface area contributed by atoms with Crippen LogP contribution in [0.15, 0.2) is 42.5 Å². The van der Waals surface area contributed by atoms with Gasteiger partial charge in [-0.05, 0) is 36.1 Å². The van der Waals surface area contributed by atoms with E-state index in [1.54, 1.807) is 0 Å². The topological polar surface area (TPSA) is 3.24 Å². The van der Waals surface area contributed by atoms with Crippen molar-refractivity contribution in [3.63, 3.8) is 0 Å². The maximum Gasteiger partial charge on any atom is 0.0446 e. The quantitative estimate of drug-likeness (QED) is 0.659. The van der Waals surface area contributed by atoms with Crippen LogP contribution in [0.25, 0.3) is 11.1 Å². The van der Waals surface area contributed by atoms with E-state index in [0.717, 1.165) is 13.0 Å². The lowest BCUT2D eigenvalue weighted by molar-refractivity contribution is 0.889. The predicted molar refractivity (Wildman–Crippen MR) is 73.6 cm³/mol. The molecular formula is C16H17N. The summed E-state index contributed by atoms with van der Waals surface area (Å²) >= 11 is 0. The maximum absolute atomic E-state index is 2.36. The second-order valence-corrected chi connectivity index (χ2v) is 4.80. The van der Waals surface area contributed by atoms with Crippen molar-refractivity contribution < 1.29 is 0 Å². The fourth-order valence-corrected chi connectivity index (χ4v) is 2.71. The largest absolute Gasteiger partial charge is 0.374 e. The number of rotatable bonds is 0. The third-order valence-corrected chi connectivity index (χ3v) is 3.67. The summed E-state index contributed by atoms with van der Waals surface area (Å²) in [7, 11) is 2.18.